The lowest BCUT2D eigenvalue weighted by Gasteiger charge is -2.24. The zero-order valence-corrected chi connectivity index (χ0v) is 9.98. The summed E-state index contributed by atoms with van der Waals surface area (Å²) in [5.41, 5.74) is -0.656. The molecule has 0 spiro atoms. The predicted octanol–water partition coefficient (Wildman–Crippen LogP) is 0.735. The fraction of sp³-hybridized carbons (Fsp3) is 0.800. The summed E-state index contributed by atoms with van der Waals surface area (Å²) in [6.07, 6.45) is -2.04. The van der Waals surface area contributed by atoms with E-state index in [1.54, 1.807) is 20.8 Å². The second kappa shape index (κ2) is 5.69. The third-order valence-electron chi connectivity index (χ3n) is 1.68. The van der Waals surface area contributed by atoms with Crippen LogP contribution in [-0.2, 0) is 9.53 Å². The normalized spacial score (nSPS) is 15.1. The minimum Gasteiger partial charge on any atom is -0.481 e. The van der Waals surface area contributed by atoms with Crippen LogP contribution in [0.15, 0.2) is 0 Å². The molecule has 0 aliphatic heterocycles. The van der Waals surface area contributed by atoms with E-state index in [2.05, 4.69) is 5.32 Å². The molecule has 2 unspecified atom stereocenters. The van der Waals surface area contributed by atoms with Gasteiger partial charge in [-0.1, -0.05) is 0 Å². The number of rotatable bonds is 4. The van der Waals surface area contributed by atoms with Gasteiger partial charge in [-0.15, -0.1) is 0 Å². The molecule has 0 radical (unpaired) electrons. The van der Waals surface area contributed by atoms with E-state index in [0.717, 1.165) is 0 Å². The van der Waals surface area contributed by atoms with E-state index in [-0.39, 0.29) is 6.42 Å². The number of carbonyl (C=O) groups is 2. The van der Waals surface area contributed by atoms with Crippen LogP contribution in [0.4, 0.5) is 4.79 Å². The Bertz CT molecular complexity index is 256. The Kier molecular flexibility index (Phi) is 5.23. The van der Waals surface area contributed by atoms with Crippen LogP contribution in [0, 0.1) is 0 Å². The second-order valence-electron chi connectivity index (χ2n) is 4.59. The molecule has 0 aromatic heterocycles. The quantitative estimate of drug-likeness (QED) is 0.665. The predicted molar refractivity (Wildman–Crippen MR) is 57.1 cm³/mol. The zero-order chi connectivity index (χ0) is 12.9. The van der Waals surface area contributed by atoms with E-state index in [1.165, 1.54) is 6.92 Å². The maximum Gasteiger partial charge on any atom is 0.407 e. The van der Waals surface area contributed by atoms with Crippen LogP contribution >= 0.6 is 0 Å². The van der Waals surface area contributed by atoms with Crippen molar-refractivity contribution in [3.8, 4) is 0 Å². The Morgan fingerprint density at radius 2 is 1.88 bits per heavy atom. The van der Waals surface area contributed by atoms with Crippen LogP contribution < -0.4 is 5.32 Å². The molecule has 3 N–H and O–H groups in total. The first-order valence-corrected chi connectivity index (χ1v) is 5.01. The molecular weight excluding hydrogens is 214 g/mol. The SMILES string of the molecule is CC(O)C(CC(=O)O)NC(=O)OC(C)(C)C. The maximum atomic E-state index is 11.3. The number of aliphatic hydroxyl groups excluding tert-OH is 1. The number of aliphatic carboxylic acids is 1. The highest BCUT2D eigenvalue weighted by Gasteiger charge is 2.24. The Labute approximate surface area is 94.6 Å². The van der Waals surface area contributed by atoms with E-state index >= 15 is 0 Å². The number of ether oxygens (including phenoxy) is 1. The first kappa shape index (κ1) is 14.7. The van der Waals surface area contributed by atoms with E-state index in [1.807, 2.05) is 0 Å². The van der Waals surface area contributed by atoms with Gasteiger partial charge in [-0.05, 0) is 27.7 Å². The minimum absolute atomic E-state index is 0.350. The summed E-state index contributed by atoms with van der Waals surface area (Å²) in [7, 11) is 0. The molecule has 0 aliphatic rings. The Balaban J connectivity index is 4.30. The molecule has 0 aliphatic carbocycles. The number of hydrogen-bond acceptors (Lipinski definition) is 4. The maximum absolute atomic E-state index is 11.3. The summed E-state index contributed by atoms with van der Waals surface area (Å²) in [4.78, 5) is 21.8. The van der Waals surface area contributed by atoms with Crippen LogP contribution in [-0.4, -0.2) is 40.0 Å². The standard InChI is InChI=1S/C10H19NO5/c1-6(12)7(5-8(13)14)11-9(15)16-10(2,3)4/h6-7,12H,5H2,1-4H3,(H,11,15)(H,13,14). The molecular formula is C10H19NO5. The topological polar surface area (TPSA) is 95.9 Å². The minimum atomic E-state index is -1.10. The molecule has 0 fully saturated rings. The molecule has 0 aromatic carbocycles. The molecule has 0 rings (SSSR count). The van der Waals surface area contributed by atoms with Crippen LogP contribution in [0.1, 0.15) is 34.1 Å². The smallest absolute Gasteiger partial charge is 0.407 e. The van der Waals surface area contributed by atoms with Crippen molar-refractivity contribution in [1.29, 1.82) is 0 Å². The van der Waals surface area contributed by atoms with Gasteiger partial charge in [0.15, 0.2) is 0 Å². The van der Waals surface area contributed by atoms with Crippen molar-refractivity contribution in [2.45, 2.75) is 51.9 Å². The van der Waals surface area contributed by atoms with Crippen molar-refractivity contribution in [1.82, 2.24) is 5.32 Å². The lowest BCUT2D eigenvalue weighted by Crippen LogP contribution is -2.45. The van der Waals surface area contributed by atoms with Gasteiger partial charge in [0.1, 0.15) is 5.60 Å². The van der Waals surface area contributed by atoms with Gasteiger partial charge < -0.3 is 20.3 Å². The van der Waals surface area contributed by atoms with Crippen LogP contribution in [0.25, 0.3) is 0 Å². The monoisotopic (exact) mass is 233 g/mol. The highest BCUT2D eigenvalue weighted by atomic mass is 16.6. The van der Waals surface area contributed by atoms with Crippen LogP contribution in [0.5, 0.6) is 0 Å². The van der Waals surface area contributed by atoms with Gasteiger partial charge in [-0.3, -0.25) is 4.79 Å². The lowest BCUT2D eigenvalue weighted by atomic mass is 10.1. The van der Waals surface area contributed by atoms with E-state index < -0.39 is 29.8 Å². The van der Waals surface area contributed by atoms with Gasteiger partial charge in [0.05, 0.1) is 18.6 Å². The Morgan fingerprint density at radius 3 is 2.19 bits per heavy atom. The van der Waals surface area contributed by atoms with Crippen LogP contribution in [0.2, 0.25) is 0 Å². The molecule has 94 valence electrons. The summed E-state index contributed by atoms with van der Waals surface area (Å²) in [6.45, 7) is 6.49. The van der Waals surface area contributed by atoms with Gasteiger partial charge >= 0.3 is 12.1 Å². The van der Waals surface area contributed by atoms with Crippen molar-refractivity contribution in [2.75, 3.05) is 0 Å². The van der Waals surface area contributed by atoms with E-state index in [4.69, 9.17) is 9.84 Å². The Morgan fingerprint density at radius 1 is 1.38 bits per heavy atom. The molecule has 0 bridgehead atoms. The summed E-state index contributed by atoms with van der Waals surface area (Å²) in [6, 6.07) is -0.854. The van der Waals surface area contributed by atoms with Crippen molar-refractivity contribution >= 4 is 12.1 Å². The molecule has 6 nitrogen and oxygen atoms in total. The highest BCUT2D eigenvalue weighted by molar-refractivity contribution is 5.71. The second-order valence-corrected chi connectivity index (χ2v) is 4.59. The van der Waals surface area contributed by atoms with Crippen LogP contribution in [0.3, 0.4) is 0 Å². The number of hydrogen-bond donors (Lipinski definition) is 3. The van der Waals surface area contributed by atoms with Crippen molar-refractivity contribution in [3.05, 3.63) is 0 Å². The number of carbonyl (C=O) groups excluding carboxylic acids is 1. The summed E-state index contributed by atoms with van der Waals surface area (Å²) in [5.74, 6) is -1.10. The number of carboxylic acids is 1. The molecule has 6 heteroatoms. The van der Waals surface area contributed by atoms with Crippen molar-refractivity contribution < 1.29 is 24.5 Å². The Hall–Kier alpha value is -1.30. The van der Waals surface area contributed by atoms with Gasteiger partial charge in [0, 0.05) is 0 Å². The number of nitrogens with one attached hydrogen (secondary N) is 1. The van der Waals surface area contributed by atoms with Gasteiger partial charge in [0.2, 0.25) is 0 Å². The zero-order valence-electron chi connectivity index (χ0n) is 9.98. The number of amides is 1. The first-order valence-electron chi connectivity index (χ1n) is 5.01. The highest BCUT2D eigenvalue weighted by Crippen LogP contribution is 2.08. The van der Waals surface area contributed by atoms with Gasteiger partial charge in [-0.25, -0.2) is 4.79 Å². The van der Waals surface area contributed by atoms with Crippen molar-refractivity contribution in [3.63, 3.8) is 0 Å². The number of carboxylic acid groups (broad SMARTS) is 1. The molecule has 0 aromatic rings. The number of alkyl carbamates (subject to hydrolysis) is 1. The third kappa shape index (κ3) is 7.05. The van der Waals surface area contributed by atoms with Gasteiger partial charge in [0.25, 0.3) is 0 Å². The summed E-state index contributed by atoms with van der Waals surface area (Å²) >= 11 is 0. The average Bonchev–Trinajstić information content (AvgIpc) is 1.97. The molecule has 0 heterocycles. The molecule has 2 atom stereocenters. The van der Waals surface area contributed by atoms with Gasteiger partial charge in [-0.2, -0.15) is 0 Å². The summed E-state index contributed by atoms with van der Waals surface area (Å²) < 4.78 is 4.95. The summed E-state index contributed by atoms with van der Waals surface area (Å²) in [5, 5.41) is 20.2. The largest absolute Gasteiger partial charge is 0.481 e. The van der Waals surface area contributed by atoms with E-state index in [0.29, 0.717) is 0 Å². The average molecular weight is 233 g/mol. The first-order chi connectivity index (χ1) is 7.11. The third-order valence-corrected chi connectivity index (χ3v) is 1.68. The lowest BCUT2D eigenvalue weighted by molar-refractivity contribution is -0.138. The fourth-order valence-corrected chi connectivity index (χ4v) is 0.989. The fourth-order valence-electron chi connectivity index (χ4n) is 0.989. The molecule has 1 amide bonds. The molecule has 16 heavy (non-hydrogen) atoms. The number of aliphatic hydroxyl groups is 1. The van der Waals surface area contributed by atoms with Crippen molar-refractivity contribution in [2.24, 2.45) is 0 Å². The molecule has 0 saturated heterocycles. The van der Waals surface area contributed by atoms with E-state index in [9.17, 15) is 14.7 Å². The molecule has 0 saturated carbocycles.